The number of hydrogen-bond acceptors (Lipinski definition) is 4. The Kier molecular flexibility index (Phi) is 4.09. The lowest BCUT2D eigenvalue weighted by atomic mass is 10.0. The van der Waals surface area contributed by atoms with E-state index in [1.54, 1.807) is 6.07 Å². The molecule has 0 fully saturated rings. The zero-order chi connectivity index (χ0) is 16.6. The zero-order valence-corrected chi connectivity index (χ0v) is 14.0. The predicted octanol–water partition coefficient (Wildman–Crippen LogP) is 3.94. The van der Waals surface area contributed by atoms with Gasteiger partial charge < -0.3 is 8.83 Å². The normalized spacial score (nSPS) is 11.5. The standard InChI is InChI=1S/C19H21NO3/c1-12-5-8-17-15(9-18(21)23-19(17)14(12)3)10-20(4)11-16-7-6-13(2)22-16/h5-9H,10-11H2,1-4H3. The molecule has 0 atom stereocenters. The van der Waals surface area contributed by atoms with Crippen molar-refractivity contribution in [3.8, 4) is 0 Å². The van der Waals surface area contributed by atoms with Crippen LogP contribution in [0.3, 0.4) is 0 Å². The van der Waals surface area contributed by atoms with Gasteiger partial charge in [-0.05, 0) is 56.6 Å². The van der Waals surface area contributed by atoms with Gasteiger partial charge in [-0.2, -0.15) is 0 Å². The zero-order valence-electron chi connectivity index (χ0n) is 14.0. The van der Waals surface area contributed by atoms with Gasteiger partial charge in [0.2, 0.25) is 0 Å². The Hall–Kier alpha value is -2.33. The fraction of sp³-hybridized carbons (Fsp3) is 0.316. The summed E-state index contributed by atoms with van der Waals surface area (Å²) in [7, 11) is 2.01. The van der Waals surface area contributed by atoms with E-state index in [0.717, 1.165) is 33.6 Å². The largest absolute Gasteiger partial charge is 0.465 e. The molecule has 0 N–H and O–H groups in total. The molecule has 4 nitrogen and oxygen atoms in total. The van der Waals surface area contributed by atoms with E-state index >= 15 is 0 Å². The Labute approximate surface area is 135 Å². The quantitative estimate of drug-likeness (QED) is 0.685. The second kappa shape index (κ2) is 6.05. The van der Waals surface area contributed by atoms with E-state index in [-0.39, 0.29) is 5.63 Å². The molecular formula is C19H21NO3. The van der Waals surface area contributed by atoms with Gasteiger partial charge >= 0.3 is 5.63 Å². The highest BCUT2D eigenvalue weighted by molar-refractivity contribution is 5.83. The summed E-state index contributed by atoms with van der Waals surface area (Å²) < 4.78 is 11.0. The van der Waals surface area contributed by atoms with Gasteiger partial charge in [0.05, 0.1) is 6.54 Å². The molecule has 0 aliphatic carbocycles. The van der Waals surface area contributed by atoms with Crippen molar-refractivity contribution in [1.82, 2.24) is 4.90 Å². The fourth-order valence-corrected chi connectivity index (χ4v) is 2.84. The Morgan fingerprint density at radius 3 is 2.48 bits per heavy atom. The number of fused-ring (bicyclic) bond motifs is 1. The summed E-state index contributed by atoms with van der Waals surface area (Å²) >= 11 is 0. The van der Waals surface area contributed by atoms with Gasteiger partial charge in [-0.3, -0.25) is 4.90 Å². The molecule has 2 heterocycles. The first-order chi connectivity index (χ1) is 10.9. The minimum atomic E-state index is -0.302. The number of aryl methyl sites for hydroxylation is 3. The van der Waals surface area contributed by atoms with Gasteiger partial charge in [0.1, 0.15) is 17.1 Å². The number of benzene rings is 1. The molecule has 0 saturated carbocycles. The number of hydrogen-bond donors (Lipinski definition) is 0. The lowest BCUT2D eigenvalue weighted by molar-refractivity contribution is 0.285. The van der Waals surface area contributed by atoms with Gasteiger partial charge in [0, 0.05) is 18.0 Å². The molecule has 0 spiro atoms. The molecular weight excluding hydrogens is 290 g/mol. The maximum absolute atomic E-state index is 11.9. The second-order valence-electron chi connectivity index (χ2n) is 6.16. The van der Waals surface area contributed by atoms with E-state index in [9.17, 15) is 4.79 Å². The summed E-state index contributed by atoms with van der Waals surface area (Å²) in [6.07, 6.45) is 0. The van der Waals surface area contributed by atoms with Crippen molar-refractivity contribution < 1.29 is 8.83 Å². The lowest BCUT2D eigenvalue weighted by Crippen LogP contribution is -2.18. The summed E-state index contributed by atoms with van der Waals surface area (Å²) in [4.78, 5) is 14.0. The van der Waals surface area contributed by atoms with Crippen molar-refractivity contribution in [2.24, 2.45) is 0 Å². The molecule has 2 aromatic heterocycles. The molecule has 4 heteroatoms. The first-order valence-electron chi connectivity index (χ1n) is 7.71. The highest BCUT2D eigenvalue weighted by atomic mass is 16.4. The number of furan rings is 1. The third-order valence-corrected chi connectivity index (χ3v) is 4.18. The van der Waals surface area contributed by atoms with Crippen LogP contribution in [0.5, 0.6) is 0 Å². The number of rotatable bonds is 4. The van der Waals surface area contributed by atoms with Crippen LogP contribution in [0.4, 0.5) is 0 Å². The summed E-state index contributed by atoms with van der Waals surface area (Å²) in [5.74, 6) is 1.83. The number of nitrogens with zero attached hydrogens (tertiary/aromatic N) is 1. The Morgan fingerprint density at radius 2 is 1.78 bits per heavy atom. The topological polar surface area (TPSA) is 46.6 Å². The van der Waals surface area contributed by atoms with Crippen LogP contribution in [-0.2, 0) is 13.1 Å². The summed E-state index contributed by atoms with van der Waals surface area (Å²) in [6.45, 7) is 7.29. The molecule has 0 aliphatic rings. The summed E-state index contributed by atoms with van der Waals surface area (Å²) in [5.41, 5.74) is 3.51. The van der Waals surface area contributed by atoms with Crippen LogP contribution in [0.15, 0.2) is 44.0 Å². The van der Waals surface area contributed by atoms with E-state index in [1.165, 1.54) is 0 Å². The van der Waals surface area contributed by atoms with Crippen LogP contribution in [0, 0.1) is 20.8 Å². The third kappa shape index (κ3) is 3.22. The van der Waals surface area contributed by atoms with Crippen molar-refractivity contribution >= 4 is 11.0 Å². The third-order valence-electron chi connectivity index (χ3n) is 4.18. The molecule has 0 saturated heterocycles. The average molecular weight is 311 g/mol. The minimum absolute atomic E-state index is 0.302. The van der Waals surface area contributed by atoms with Gasteiger partial charge in [-0.25, -0.2) is 4.79 Å². The molecule has 3 aromatic rings. The molecule has 0 amide bonds. The average Bonchev–Trinajstić information content (AvgIpc) is 2.88. The first kappa shape index (κ1) is 15.6. The van der Waals surface area contributed by atoms with Crippen molar-refractivity contribution in [1.29, 1.82) is 0 Å². The maximum Gasteiger partial charge on any atom is 0.336 e. The minimum Gasteiger partial charge on any atom is -0.465 e. The van der Waals surface area contributed by atoms with Gasteiger partial charge in [-0.15, -0.1) is 0 Å². The van der Waals surface area contributed by atoms with Crippen molar-refractivity contribution in [2.75, 3.05) is 7.05 Å². The van der Waals surface area contributed by atoms with E-state index in [1.807, 2.05) is 46.0 Å². The van der Waals surface area contributed by atoms with Crippen LogP contribution in [0.25, 0.3) is 11.0 Å². The summed E-state index contributed by atoms with van der Waals surface area (Å²) in [6, 6.07) is 9.62. The van der Waals surface area contributed by atoms with E-state index in [0.29, 0.717) is 18.7 Å². The Bertz CT molecular complexity index is 905. The lowest BCUT2D eigenvalue weighted by Gasteiger charge is -2.17. The van der Waals surface area contributed by atoms with Crippen LogP contribution in [0.1, 0.15) is 28.2 Å². The van der Waals surface area contributed by atoms with E-state index in [4.69, 9.17) is 8.83 Å². The molecule has 0 bridgehead atoms. The van der Waals surface area contributed by atoms with Crippen LogP contribution >= 0.6 is 0 Å². The predicted molar refractivity (Wildman–Crippen MR) is 90.6 cm³/mol. The maximum atomic E-state index is 11.9. The van der Waals surface area contributed by atoms with Crippen molar-refractivity contribution in [3.63, 3.8) is 0 Å². The molecule has 120 valence electrons. The van der Waals surface area contributed by atoms with Crippen molar-refractivity contribution in [3.05, 3.63) is 69.0 Å². The van der Waals surface area contributed by atoms with Crippen LogP contribution < -0.4 is 5.63 Å². The SMILES string of the molecule is Cc1ccc(CN(C)Cc2cc(=O)oc3c(C)c(C)ccc23)o1. The monoisotopic (exact) mass is 311 g/mol. The van der Waals surface area contributed by atoms with E-state index in [2.05, 4.69) is 11.0 Å². The first-order valence-corrected chi connectivity index (χ1v) is 7.71. The summed E-state index contributed by atoms with van der Waals surface area (Å²) in [5, 5.41) is 0.996. The van der Waals surface area contributed by atoms with Gasteiger partial charge in [0.15, 0.2) is 0 Å². The van der Waals surface area contributed by atoms with Gasteiger partial charge in [-0.1, -0.05) is 12.1 Å². The molecule has 0 aliphatic heterocycles. The Balaban J connectivity index is 1.93. The Morgan fingerprint density at radius 1 is 1.00 bits per heavy atom. The van der Waals surface area contributed by atoms with E-state index < -0.39 is 0 Å². The molecule has 0 radical (unpaired) electrons. The molecule has 23 heavy (non-hydrogen) atoms. The second-order valence-corrected chi connectivity index (χ2v) is 6.16. The van der Waals surface area contributed by atoms with Crippen LogP contribution in [-0.4, -0.2) is 11.9 Å². The van der Waals surface area contributed by atoms with Gasteiger partial charge in [0.25, 0.3) is 0 Å². The van der Waals surface area contributed by atoms with Crippen LogP contribution in [0.2, 0.25) is 0 Å². The molecule has 1 aromatic carbocycles. The van der Waals surface area contributed by atoms with Crippen molar-refractivity contribution in [2.45, 2.75) is 33.9 Å². The molecule has 0 unspecified atom stereocenters. The highest BCUT2D eigenvalue weighted by Gasteiger charge is 2.12. The smallest absolute Gasteiger partial charge is 0.336 e. The highest BCUT2D eigenvalue weighted by Crippen LogP contribution is 2.24. The molecule has 3 rings (SSSR count). The fourth-order valence-electron chi connectivity index (χ4n) is 2.84.